The Hall–Kier alpha value is -2.07. The van der Waals surface area contributed by atoms with E-state index in [0.29, 0.717) is 6.04 Å². The lowest BCUT2D eigenvalue weighted by Crippen LogP contribution is -2.22. The molecule has 0 unspecified atom stereocenters. The first kappa shape index (κ1) is 14.5. The maximum atomic E-state index is 6.00. The third-order valence-electron chi connectivity index (χ3n) is 4.54. The number of benzene rings is 1. The molecule has 2 N–H and O–H groups in total. The van der Waals surface area contributed by atoms with Crippen LogP contribution in [0.15, 0.2) is 36.5 Å². The Morgan fingerprint density at radius 1 is 1.04 bits per heavy atom. The molecule has 0 aliphatic heterocycles. The Morgan fingerprint density at radius 2 is 1.83 bits per heavy atom. The lowest BCUT2D eigenvalue weighted by atomic mass is 9.95. The van der Waals surface area contributed by atoms with E-state index in [1.807, 2.05) is 36.5 Å². The molecular weight excluding hydrogens is 308 g/mol. The molecule has 4 rings (SSSR count). The Labute approximate surface area is 140 Å². The van der Waals surface area contributed by atoms with E-state index in [2.05, 4.69) is 20.5 Å². The van der Waals surface area contributed by atoms with Gasteiger partial charge >= 0.3 is 0 Å². The number of halogens is 1. The number of rotatable bonds is 3. The number of nitrogens with one attached hydrogen (secondary N) is 2. The molecule has 1 aromatic carbocycles. The van der Waals surface area contributed by atoms with Gasteiger partial charge in [0.1, 0.15) is 11.5 Å². The first-order valence-electron chi connectivity index (χ1n) is 8.17. The fraction of sp³-hybridized carbons (Fsp3) is 0.333. The van der Waals surface area contributed by atoms with Gasteiger partial charge in [-0.05, 0) is 31.0 Å². The summed E-state index contributed by atoms with van der Waals surface area (Å²) in [7, 11) is 0. The minimum Gasteiger partial charge on any atom is -0.367 e. The molecule has 23 heavy (non-hydrogen) atoms. The van der Waals surface area contributed by atoms with Gasteiger partial charge in [-0.15, -0.1) is 0 Å². The molecule has 118 valence electrons. The topological polar surface area (TPSA) is 53.6 Å². The standard InChI is InChI=1S/C18H19ClN4/c19-13-8-6-12(7-9-13)17-16-15(22-23-17)10-11-20-18(16)21-14-4-2-1-3-5-14/h6-11,14H,1-5H2,(H,20,21)(H,22,23). The van der Waals surface area contributed by atoms with Crippen LogP contribution in [0.2, 0.25) is 5.02 Å². The quantitative estimate of drug-likeness (QED) is 0.710. The van der Waals surface area contributed by atoms with E-state index in [0.717, 1.165) is 33.0 Å². The van der Waals surface area contributed by atoms with E-state index in [9.17, 15) is 0 Å². The van der Waals surface area contributed by atoms with Crippen LogP contribution in [0.3, 0.4) is 0 Å². The monoisotopic (exact) mass is 326 g/mol. The number of aromatic amines is 1. The number of nitrogens with zero attached hydrogens (tertiary/aromatic N) is 2. The van der Waals surface area contributed by atoms with Gasteiger partial charge in [0.05, 0.1) is 10.9 Å². The summed E-state index contributed by atoms with van der Waals surface area (Å²) in [5.41, 5.74) is 2.96. The summed E-state index contributed by atoms with van der Waals surface area (Å²) in [6, 6.07) is 10.2. The first-order chi connectivity index (χ1) is 11.3. The fourth-order valence-corrected chi connectivity index (χ4v) is 3.46. The normalized spacial score (nSPS) is 15.9. The molecule has 1 saturated carbocycles. The number of H-pyrrole nitrogens is 1. The highest BCUT2D eigenvalue weighted by molar-refractivity contribution is 6.30. The van der Waals surface area contributed by atoms with Crippen molar-refractivity contribution >= 4 is 28.3 Å². The second kappa shape index (κ2) is 6.20. The number of pyridine rings is 1. The Bertz CT molecular complexity index is 804. The summed E-state index contributed by atoms with van der Waals surface area (Å²) in [6.07, 6.45) is 8.19. The molecule has 0 radical (unpaired) electrons. The van der Waals surface area contributed by atoms with Crippen LogP contribution < -0.4 is 5.32 Å². The number of hydrogen-bond acceptors (Lipinski definition) is 3. The van der Waals surface area contributed by atoms with Crippen molar-refractivity contribution in [2.75, 3.05) is 5.32 Å². The summed E-state index contributed by atoms with van der Waals surface area (Å²) in [4.78, 5) is 4.58. The van der Waals surface area contributed by atoms with Crippen LogP contribution in [0.4, 0.5) is 5.82 Å². The highest BCUT2D eigenvalue weighted by Gasteiger charge is 2.18. The largest absolute Gasteiger partial charge is 0.367 e. The van der Waals surface area contributed by atoms with Crippen molar-refractivity contribution in [2.45, 2.75) is 38.1 Å². The van der Waals surface area contributed by atoms with Gasteiger partial charge in [-0.25, -0.2) is 4.98 Å². The van der Waals surface area contributed by atoms with Gasteiger partial charge in [0.2, 0.25) is 0 Å². The van der Waals surface area contributed by atoms with Crippen molar-refractivity contribution in [1.82, 2.24) is 15.2 Å². The zero-order chi connectivity index (χ0) is 15.6. The third kappa shape index (κ3) is 2.91. The maximum absolute atomic E-state index is 6.00. The smallest absolute Gasteiger partial charge is 0.137 e. The third-order valence-corrected chi connectivity index (χ3v) is 4.79. The number of fused-ring (bicyclic) bond motifs is 1. The van der Waals surface area contributed by atoms with E-state index in [1.54, 1.807) is 0 Å². The van der Waals surface area contributed by atoms with Gasteiger partial charge in [0.25, 0.3) is 0 Å². The summed E-state index contributed by atoms with van der Waals surface area (Å²) in [6.45, 7) is 0. The summed E-state index contributed by atoms with van der Waals surface area (Å²) in [5.74, 6) is 0.924. The van der Waals surface area contributed by atoms with Gasteiger partial charge in [0, 0.05) is 22.8 Å². The Kier molecular flexibility index (Phi) is 3.92. The van der Waals surface area contributed by atoms with Gasteiger partial charge < -0.3 is 5.32 Å². The number of hydrogen-bond donors (Lipinski definition) is 2. The molecule has 1 aliphatic rings. The van der Waals surface area contributed by atoms with E-state index in [1.165, 1.54) is 32.1 Å². The second-order valence-corrected chi connectivity index (χ2v) is 6.58. The molecule has 0 amide bonds. The number of anilines is 1. The van der Waals surface area contributed by atoms with Gasteiger partial charge in [0.15, 0.2) is 0 Å². The molecule has 0 spiro atoms. The number of aromatic nitrogens is 3. The zero-order valence-corrected chi connectivity index (χ0v) is 13.6. The van der Waals surface area contributed by atoms with E-state index >= 15 is 0 Å². The SMILES string of the molecule is Clc1ccc(-c2n[nH]c3ccnc(NC4CCCCC4)c23)cc1. The first-order valence-corrected chi connectivity index (χ1v) is 8.54. The molecule has 2 heterocycles. The molecule has 2 aromatic heterocycles. The minimum absolute atomic E-state index is 0.509. The lowest BCUT2D eigenvalue weighted by Gasteiger charge is -2.23. The lowest BCUT2D eigenvalue weighted by molar-refractivity contribution is 0.462. The molecule has 5 heteroatoms. The van der Waals surface area contributed by atoms with E-state index < -0.39 is 0 Å². The van der Waals surface area contributed by atoms with Crippen LogP contribution in [0.25, 0.3) is 22.2 Å². The van der Waals surface area contributed by atoms with E-state index in [-0.39, 0.29) is 0 Å². The van der Waals surface area contributed by atoms with Gasteiger partial charge in [-0.1, -0.05) is 43.0 Å². The van der Waals surface area contributed by atoms with Crippen LogP contribution >= 0.6 is 11.6 Å². The fourth-order valence-electron chi connectivity index (χ4n) is 3.33. The molecule has 0 saturated heterocycles. The van der Waals surface area contributed by atoms with Crippen LogP contribution in [0, 0.1) is 0 Å². The highest BCUT2D eigenvalue weighted by atomic mass is 35.5. The molecule has 1 aliphatic carbocycles. The molecule has 1 fully saturated rings. The van der Waals surface area contributed by atoms with Crippen molar-refractivity contribution in [3.05, 3.63) is 41.6 Å². The van der Waals surface area contributed by atoms with Gasteiger partial charge in [-0.3, -0.25) is 5.10 Å². The summed E-state index contributed by atoms with van der Waals surface area (Å²) in [5, 5.41) is 13.0. The van der Waals surface area contributed by atoms with Crippen molar-refractivity contribution in [1.29, 1.82) is 0 Å². The summed E-state index contributed by atoms with van der Waals surface area (Å²) >= 11 is 6.00. The Balaban J connectivity index is 1.75. The predicted molar refractivity (Wildman–Crippen MR) is 94.8 cm³/mol. The van der Waals surface area contributed by atoms with Crippen molar-refractivity contribution < 1.29 is 0 Å². The highest BCUT2D eigenvalue weighted by Crippen LogP contribution is 2.32. The Morgan fingerprint density at radius 3 is 2.61 bits per heavy atom. The molecule has 0 atom stereocenters. The molecule has 4 nitrogen and oxygen atoms in total. The van der Waals surface area contributed by atoms with Crippen molar-refractivity contribution in [3.63, 3.8) is 0 Å². The zero-order valence-electron chi connectivity index (χ0n) is 12.8. The second-order valence-electron chi connectivity index (χ2n) is 6.14. The molecule has 3 aromatic rings. The predicted octanol–water partition coefficient (Wildman–Crippen LogP) is 5.02. The van der Waals surface area contributed by atoms with E-state index in [4.69, 9.17) is 11.6 Å². The minimum atomic E-state index is 0.509. The van der Waals surface area contributed by atoms with Crippen molar-refractivity contribution in [2.24, 2.45) is 0 Å². The molecule has 0 bridgehead atoms. The van der Waals surface area contributed by atoms with Crippen molar-refractivity contribution in [3.8, 4) is 11.3 Å². The van der Waals surface area contributed by atoms with Crippen LogP contribution in [-0.2, 0) is 0 Å². The average molecular weight is 327 g/mol. The van der Waals surface area contributed by atoms with Crippen LogP contribution in [0.5, 0.6) is 0 Å². The van der Waals surface area contributed by atoms with Crippen LogP contribution in [0.1, 0.15) is 32.1 Å². The van der Waals surface area contributed by atoms with Crippen LogP contribution in [-0.4, -0.2) is 21.2 Å². The van der Waals surface area contributed by atoms with Gasteiger partial charge in [-0.2, -0.15) is 5.10 Å². The summed E-state index contributed by atoms with van der Waals surface area (Å²) < 4.78 is 0. The molecular formula is C18H19ClN4. The maximum Gasteiger partial charge on any atom is 0.137 e. The average Bonchev–Trinajstić information content (AvgIpc) is 3.02.